The summed E-state index contributed by atoms with van der Waals surface area (Å²) in [4.78, 5) is 0. The van der Waals surface area contributed by atoms with Gasteiger partial charge in [-0.15, -0.1) is 0 Å². The van der Waals surface area contributed by atoms with E-state index in [1.54, 1.807) is 0 Å². The predicted molar refractivity (Wildman–Crippen MR) is 102 cm³/mol. The van der Waals surface area contributed by atoms with Crippen molar-refractivity contribution < 1.29 is 9.47 Å². The molecule has 0 radical (unpaired) electrons. The lowest BCUT2D eigenvalue weighted by Gasteiger charge is -2.44. The molecule has 1 fully saturated rings. The van der Waals surface area contributed by atoms with Crippen molar-refractivity contribution in [3.05, 3.63) is 41.5 Å². The van der Waals surface area contributed by atoms with Crippen LogP contribution in [0, 0.1) is 11.3 Å². The maximum atomic E-state index is 6.44. The van der Waals surface area contributed by atoms with E-state index in [1.165, 1.54) is 30.4 Å². The number of hydrogen-bond acceptors (Lipinski definition) is 2. The first-order valence-corrected chi connectivity index (χ1v) is 9.46. The molecule has 2 rings (SSSR count). The second-order valence-corrected chi connectivity index (χ2v) is 8.02. The summed E-state index contributed by atoms with van der Waals surface area (Å²) in [5.74, 6) is 0.486. The fraction of sp³-hybridized carbons (Fsp3) is 0.636. The Morgan fingerprint density at radius 2 is 1.92 bits per heavy atom. The monoisotopic (exact) mass is 330 g/mol. The van der Waals surface area contributed by atoms with Crippen molar-refractivity contribution in [3.8, 4) is 0 Å². The molecule has 0 spiro atoms. The van der Waals surface area contributed by atoms with Gasteiger partial charge in [0.15, 0.2) is 6.29 Å². The molecular weight excluding hydrogens is 296 g/mol. The highest BCUT2D eigenvalue weighted by Crippen LogP contribution is 2.37. The van der Waals surface area contributed by atoms with Gasteiger partial charge in [0, 0.05) is 5.41 Å². The van der Waals surface area contributed by atoms with Crippen molar-refractivity contribution in [2.75, 3.05) is 6.61 Å². The van der Waals surface area contributed by atoms with E-state index < -0.39 is 0 Å². The van der Waals surface area contributed by atoms with Crippen molar-refractivity contribution in [2.24, 2.45) is 11.3 Å². The van der Waals surface area contributed by atoms with Crippen LogP contribution in [0.1, 0.15) is 65.9 Å². The van der Waals surface area contributed by atoms with Gasteiger partial charge in [-0.2, -0.15) is 0 Å². The summed E-state index contributed by atoms with van der Waals surface area (Å²) in [7, 11) is 0. The first kappa shape index (κ1) is 19.2. The Bertz CT molecular complexity index is 516. The van der Waals surface area contributed by atoms with Crippen LogP contribution >= 0.6 is 0 Å². The van der Waals surface area contributed by atoms with Gasteiger partial charge in [0.25, 0.3) is 0 Å². The number of unbranched alkanes of at least 4 members (excludes halogenated alkanes) is 2. The van der Waals surface area contributed by atoms with Crippen LogP contribution in [0.3, 0.4) is 0 Å². The molecule has 0 amide bonds. The quantitative estimate of drug-likeness (QED) is 0.565. The van der Waals surface area contributed by atoms with Gasteiger partial charge in [-0.1, -0.05) is 83.9 Å². The van der Waals surface area contributed by atoms with Gasteiger partial charge in [0.1, 0.15) is 0 Å². The zero-order chi connectivity index (χ0) is 17.6. The summed E-state index contributed by atoms with van der Waals surface area (Å²) in [6.07, 6.45) is 6.98. The Kier molecular flexibility index (Phi) is 7.06. The largest absolute Gasteiger partial charge is 0.348 e. The molecule has 0 saturated carbocycles. The summed E-state index contributed by atoms with van der Waals surface area (Å²) in [5, 5.41) is 0. The molecule has 0 aromatic heterocycles. The fourth-order valence-electron chi connectivity index (χ4n) is 3.58. The Labute approximate surface area is 148 Å². The summed E-state index contributed by atoms with van der Waals surface area (Å²) >= 11 is 0. The minimum absolute atomic E-state index is 0.0615. The lowest BCUT2D eigenvalue weighted by molar-refractivity contribution is -0.254. The summed E-state index contributed by atoms with van der Waals surface area (Å²) in [6.45, 7) is 12.0. The van der Waals surface area contributed by atoms with Crippen LogP contribution in [0.25, 0.3) is 6.08 Å². The summed E-state index contributed by atoms with van der Waals surface area (Å²) in [5.41, 5.74) is 2.56. The highest BCUT2D eigenvalue weighted by atomic mass is 16.7. The van der Waals surface area contributed by atoms with E-state index in [9.17, 15) is 0 Å². The third-order valence-electron chi connectivity index (χ3n) is 4.78. The predicted octanol–water partition coefficient (Wildman–Crippen LogP) is 6.07. The van der Waals surface area contributed by atoms with Crippen LogP contribution in [0.15, 0.2) is 35.9 Å². The van der Waals surface area contributed by atoms with Crippen LogP contribution in [0.2, 0.25) is 0 Å². The van der Waals surface area contributed by atoms with Crippen molar-refractivity contribution in [2.45, 2.75) is 72.7 Å². The topological polar surface area (TPSA) is 18.5 Å². The van der Waals surface area contributed by atoms with E-state index in [0.29, 0.717) is 5.92 Å². The Balaban J connectivity index is 2.18. The number of benzene rings is 1. The molecule has 0 unspecified atom stereocenters. The molecule has 2 nitrogen and oxygen atoms in total. The van der Waals surface area contributed by atoms with Crippen molar-refractivity contribution in [3.63, 3.8) is 0 Å². The van der Waals surface area contributed by atoms with Gasteiger partial charge in [-0.05, 0) is 29.9 Å². The molecular formula is C22H34O2. The molecule has 1 aromatic carbocycles. The van der Waals surface area contributed by atoms with Crippen molar-refractivity contribution in [1.82, 2.24) is 0 Å². The third-order valence-corrected chi connectivity index (χ3v) is 4.78. The van der Waals surface area contributed by atoms with E-state index in [1.807, 2.05) is 0 Å². The average molecular weight is 331 g/mol. The average Bonchev–Trinajstić information content (AvgIpc) is 2.54. The van der Waals surface area contributed by atoms with Crippen LogP contribution in [0.5, 0.6) is 0 Å². The Morgan fingerprint density at radius 1 is 1.21 bits per heavy atom. The SMILES string of the molecule is CCCCC/C(=C\c1ccccc1)[C@@H]1OCC(C)(C)[C@H](C(C)C)O1. The number of ether oxygens (including phenoxy) is 2. The van der Waals surface area contributed by atoms with Crippen LogP contribution in [0.4, 0.5) is 0 Å². The maximum absolute atomic E-state index is 6.44. The summed E-state index contributed by atoms with van der Waals surface area (Å²) in [6, 6.07) is 10.5. The highest BCUT2D eigenvalue weighted by Gasteiger charge is 2.40. The van der Waals surface area contributed by atoms with Crippen molar-refractivity contribution in [1.29, 1.82) is 0 Å². The second-order valence-electron chi connectivity index (χ2n) is 8.02. The van der Waals surface area contributed by atoms with Gasteiger partial charge in [0.05, 0.1) is 12.7 Å². The normalized spacial score (nSPS) is 24.3. The molecule has 134 valence electrons. The molecule has 0 aliphatic carbocycles. The Morgan fingerprint density at radius 3 is 2.54 bits per heavy atom. The van der Waals surface area contributed by atoms with Gasteiger partial charge in [0.2, 0.25) is 0 Å². The van der Waals surface area contributed by atoms with Crippen molar-refractivity contribution >= 4 is 6.08 Å². The van der Waals surface area contributed by atoms with Gasteiger partial charge >= 0.3 is 0 Å². The maximum Gasteiger partial charge on any atom is 0.180 e. The molecule has 24 heavy (non-hydrogen) atoms. The first-order valence-electron chi connectivity index (χ1n) is 9.46. The minimum atomic E-state index is -0.206. The van der Waals surface area contributed by atoms with Gasteiger partial charge in [-0.25, -0.2) is 0 Å². The van der Waals surface area contributed by atoms with Crippen LogP contribution in [-0.4, -0.2) is 19.0 Å². The lowest BCUT2D eigenvalue weighted by Crippen LogP contribution is -2.48. The fourth-order valence-corrected chi connectivity index (χ4v) is 3.58. The molecule has 0 bridgehead atoms. The molecule has 1 heterocycles. The molecule has 2 atom stereocenters. The van der Waals surface area contributed by atoms with E-state index >= 15 is 0 Å². The molecule has 1 saturated heterocycles. The molecule has 0 N–H and O–H groups in total. The second kappa shape index (κ2) is 8.82. The lowest BCUT2D eigenvalue weighted by atomic mass is 9.80. The van der Waals surface area contributed by atoms with E-state index in [2.05, 4.69) is 71.0 Å². The van der Waals surface area contributed by atoms with Gasteiger partial charge < -0.3 is 9.47 Å². The molecule has 1 aromatic rings. The van der Waals surface area contributed by atoms with Crippen LogP contribution in [-0.2, 0) is 9.47 Å². The van der Waals surface area contributed by atoms with E-state index in [-0.39, 0.29) is 17.8 Å². The van der Waals surface area contributed by atoms with Gasteiger partial charge in [-0.3, -0.25) is 0 Å². The standard InChI is InChI=1S/C22H34O2/c1-6-7-9-14-19(15-18-12-10-8-11-13-18)21-23-16-22(4,5)20(24-21)17(2)3/h8,10-13,15,17,20-21H,6-7,9,14,16H2,1-5H3/b19-15+/t20-,21+/m0/s1. The molecule has 2 heteroatoms. The third kappa shape index (κ3) is 5.19. The van der Waals surface area contributed by atoms with E-state index in [4.69, 9.17) is 9.47 Å². The Hall–Kier alpha value is -1.12. The molecule has 1 aliphatic heterocycles. The zero-order valence-corrected chi connectivity index (χ0v) is 16.0. The zero-order valence-electron chi connectivity index (χ0n) is 16.0. The summed E-state index contributed by atoms with van der Waals surface area (Å²) < 4.78 is 12.6. The first-order chi connectivity index (χ1) is 11.4. The molecule has 1 aliphatic rings. The highest BCUT2D eigenvalue weighted by molar-refractivity contribution is 5.53. The van der Waals surface area contributed by atoms with E-state index in [0.717, 1.165) is 13.0 Å². The van der Waals surface area contributed by atoms with Crippen LogP contribution < -0.4 is 0 Å². The number of rotatable bonds is 7. The smallest absolute Gasteiger partial charge is 0.180 e. The minimum Gasteiger partial charge on any atom is -0.348 e. The number of hydrogen-bond donors (Lipinski definition) is 0.